The van der Waals surface area contributed by atoms with E-state index in [1.165, 1.54) is 38.4 Å². The van der Waals surface area contributed by atoms with Crippen molar-refractivity contribution < 1.29 is 18.7 Å². The first-order valence-electron chi connectivity index (χ1n) is 10.9. The van der Waals surface area contributed by atoms with Crippen molar-refractivity contribution >= 4 is 12.0 Å². The van der Waals surface area contributed by atoms with E-state index in [9.17, 15) is 4.79 Å². The third-order valence-electron chi connectivity index (χ3n) is 6.59. The third-order valence-corrected chi connectivity index (χ3v) is 6.59. The molecule has 1 saturated carbocycles. The molecule has 1 amide bonds. The Morgan fingerprint density at radius 1 is 1.23 bits per heavy atom. The van der Waals surface area contributed by atoms with Crippen LogP contribution in [0.3, 0.4) is 0 Å². The molecule has 160 valence electrons. The van der Waals surface area contributed by atoms with Crippen molar-refractivity contribution in [3.8, 4) is 0 Å². The summed E-state index contributed by atoms with van der Waals surface area (Å²) in [5.74, 6) is 0.694. The SMILES string of the molecule is C=Cc1ccoc1C(=O)N[C@H]1CO[C@H]2[C@@H]1OC[C@@H]2n1cc(CC2CCCCC2)nn1. The number of rotatable bonds is 6. The van der Waals surface area contributed by atoms with Crippen molar-refractivity contribution in [3.05, 3.63) is 42.1 Å². The molecule has 2 aromatic heterocycles. The zero-order chi connectivity index (χ0) is 20.5. The minimum atomic E-state index is -0.285. The normalized spacial score (nSPS) is 29.1. The van der Waals surface area contributed by atoms with Gasteiger partial charge in [-0.05, 0) is 18.4 Å². The fourth-order valence-electron chi connectivity index (χ4n) is 4.98. The monoisotopic (exact) mass is 412 g/mol. The highest BCUT2D eigenvalue weighted by Gasteiger charge is 2.49. The first-order chi connectivity index (χ1) is 14.7. The Morgan fingerprint density at radius 3 is 2.90 bits per heavy atom. The van der Waals surface area contributed by atoms with Gasteiger partial charge in [0.1, 0.15) is 18.2 Å². The largest absolute Gasteiger partial charge is 0.459 e. The minimum absolute atomic E-state index is 0.0307. The van der Waals surface area contributed by atoms with Crippen molar-refractivity contribution in [2.75, 3.05) is 13.2 Å². The fraction of sp³-hybridized carbons (Fsp3) is 0.591. The molecule has 1 N–H and O–H groups in total. The van der Waals surface area contributed by atoms with Crippen LogP contribution < -0.4 is 5.32 Å². The zero-order valence-corrected chi connectivity index (χ0v) is 17.0. The second-order valence-corrected chi connectivity index (χ2v) is 8.55. The molecule has 0 spiro atoms. The van der Waals surface area contributed by atoms with Crippen LogP contribution in [0, 0.1) is 5.92 Å². The van der Waals surface area contributed by atoms with Gasteiger partial charge < -0.3 is 19.2 Å². The van der Waals surface area contributed by atoms with Crippen molar-refractivity contribution in [1.29, 1.82) is 0 Å². The highest BCUT2D eigenvalue weighted by Crippen LogP contribution is 2.34. The van der Waals surface area contributed by atoms with E-state index in [2.05, 4.69) is 22.2 Å². The summed E-state index contributed by atoms with van der Waals surface area (Å²) >= 11 is 0. The number of fused-ring (bicyclic) bond motifs is 1. The number of aromatic nitrogens is 3. The second kappa shape index (κ2) is 8.35. The van der Waals surface area contributed by atoms with Gasteiger partial charge in [0.2, 0.25) is 0 Å². The first kappa shape index (κ1) is 19.5. The Bertz CT molecular complexity index is 901. The number of amides is 1. The molecule has 4 atom stereocenters. The van der Waals surface area contributed by atoms with Gasteiger partial charge in [-0.2, -0.15) is 0 Å². The Balaban J connectivity index is 1.21. The summed E-state index contributed by atoms with van der Waals surface area (Å²) in [5.41, 5.74) is 1.71. The molecule has 30 heavy (non-hydrogen) atoms. The average molecular weight is 412 g/mol. The molecule has 3 fully saturated rings. The lowest BCUT2D eigenvalue weighted by Gasteiger charge is -2.20. The fourth-order valence-corrected chi connectivity index (χ4v) is 4.98. The maximum atomic E-state index is 12.6. The molecule has 0 unspecified atom stereocenters. The number of hydrogen-bond donors (Lipinski definition) is 1. The Hall–Kier alpha value is -2.45. The Morgan fingerprint density at radius 2 is 2.07 bits per heavy atom. The van der Waals surface area contributed by atoms with E-state index in [4.69, 9.17) is 13.9 Å². The lowest BCUT2D eigenvalue weighted by Crippen LogP contribution is -2.44. The summed E-state index contributed by atoms with van der Waals surface area (Å²) < 4.78 is 19.2. The first-order valence-corrected chi connectivity index (χ1v) is 10.9. The summed E-state index contributed by atoms with van der Waals surface area (Å²) in [6.45, 7) is 4.60. The van der Waals surface area contributed by atoms with Crippen molar-refractivity contribution in [1.82, 2.24) is 20.3 Å². The lowest BCUT2D eigenvalue weighted by atomic mass is 9.86. The molecule has 0 bridgehead atoms. The van der Waals surface area contributed by atoms with E-state index in [1.54, 1.807) is 12.1 Å². The molecule has 0 aromatic carbocycles. The molecular weight excluding hydrogens is 384 g/mol. The van der Waals surface area contributed by atoms with Gasteiger partial charge >= 0.3 is 0 Å². The Labute approximate surface area is 175 Å². The predicted molar refractivity (Wildman–Crippen MR) is 109 cm³/mol. The van der Waals surface area contributed by atoms with E-state index < -0.39 is 0 Å². The standard InChI is InChI=1S/C22H28N4O4/c1-2-15-8-9-28-19(15)22(27)23-17-12-29-21-18(13-30-20(17)21)26-11-16(24-25-26)10-14-6-4-3-5-7-14/h2,8-9,11,14,17-18,20-21H,1,3-7,10,12-13H2,(H,23,27)/t17-,18-,20+,21+/m0/s1. The summed E-state index contributed by atoms with van der Waals surface area (Å²) in [6, 6.07) is 1.45. The van der Waals surface area contributed by atoms with Crippen LogP contribution in [-0.2, 0) is 15.9 Å². The molecule has 2 saturated heterocycles. The molecule has 1 aliphatic carbocycles. The minimum Gasteiger partial charge on any atom is -0.459 e. The number of ether oxygens (including phenoxy) is 2. The van der Waals surface area contributed by atoms with Gasteiger partial charge in [0.25, 0.3) is 5.91 Å². The molecule has 0 radical (unpaired) electrons. The van der Waals surface area contributed by atoms with Crippen molar-refractivity contribution in [2.24, 2.45) is 5.92 Å². The van der Waals surface area contributed by atoms with Crippen LogP contribution in [0.1, 0.15) is 60.0 Å². The molecular formula is C22H28N4O4. The number of carbonyl (C=O) groups excluding carboxylic acids is 1. The second-order valence-electron chi connectivity index (χ2n) is 8.55. The summed E-state index contributed by atoms with van der Waals surface area (Å²) in [5, 5.41) is 11.7. The van der Waals surface area contributed by atoms with Crippen LogP contribution in [0.25, 0.3) is 6.08 Å². The number of carbonyl (C=O) groups is 1. The molecule has 2 aliphatic heterocycles. The number of nitrogens with zero attached hydrogens (tertiary/aromatic N) is 3. The Kier molecular flexibility index (Phi) is 5.43. The van der Waals surface area contributed by atoms with Gasteiger partial charge in [0.15, 0.2) is 5.76 Å². The lowest BCUT2D eigenvalue weighted by molar-refractivity contribution is 0.0612. The molecule has 8 nitrogen and oxygen atoms in total. The molecule has 5 rings (SSSR count). The van der Waals surface area contributed by atoms with Crippen LogP contribution in [0.4, 0.5) is 0 Å². The van der Waals surface area contributed by atoms with Crippen molar-refractivity contribution in [3.63, 3.8) is 0 Å². The van der Waals surface area contributed by atoms with E-state index in [1.807, 2.05) is 10.9 Å². The van der Waals surface area contributed by atoms with Gasteiger partial charge in [-0.15, -0.1) is 5.10 Å². The molecule has 8 heteroatoms. The van der Waals surface area contributed by atoms with Gasteiger partial charge in [-0.3, -0.25) is 4.79 Å². The number of nitrogens with one attached hydrogen (secondary N) is 1. The van der Waals surface area contributed by atoms with E-state index in [0.29, 0.717) is 18.8 Å². The predicted octanol–water partition coefficient (Wildman–Crippen LogP) is 2.77. The van der Waals surface area contributed by atoms with Gasteiger partial charge in [-0.25, -0.2) is 4.68 Å². The highest BCUT2D eigenvalue weighted by atomic mass is 16.6. The summed E-state index contributed by atoms with van der Waals surface area (Å²) in [7, 11) is 0. The zero-order valence-electron chi connectivity index (χ0n) is 17.0. The van der Waals surface area contributed by atoms with E-state index in [0.717, 1.165) is 18.0 Å². The quantitative estimate of drug-likeness (QED) is 0.785. The van der Waals surface area contributed by atoms with Crippen molar-refractivity contribution in [2.45, 2.75) is 62.8 Å². The van der Waals surface area contributed by atoms with Crippen LogP contribution in [0.2, 0.25) is 0 Å². The average Bonchev–Trinajstić information content (AvgIpc) is 3.54. The third kappa shape index (κ3) is 3.70. The number of furan rings is 1. The maximum Gasteiger partial charge on any atom is 0.288 e. The van der Waals surface area contributed by atoms with Gasteiger partial charge in [0, 0.05) is 11.8 Å². The topological polar surface area (TPSA) is 91.4 Å². The smallest absolute Gasteiger partial charge is 0.288 e. The van der Waals surface area contributed by atoms with E-state index >= 15 is 0 Å². The summed E-state index contributed by atoms with van der Waals surface area (Å²) in [6.07, 6.45) is 12.3. The van der Waals surface area contributed by atoms with Crippen LogP contribution in [0.15, 0.2) is 29.5 Å². The number of hydrogen-bond acceptors (Lipinski definition) is 6. The van der Waals surface area contributed by atoms with Gasteiger partial charge in [0.05, 0.1) is 31.2 Å². The van der Waals surface area contributed by atoms with Gasteiger partial charge in [-0.1, -0.05) is 50.0 Å². The molecule has 4 heterocycles. The summed E-state index contributed by atoms with van der Waals surface area (Å²) in [4.78, 5) is 12.6. The van der Waals surface area contributed by atoms with E-state index in [-0.39, 0.29) is 36.0 Å². The highest BCUT2D eigenvalue weighted by molar-refractivity contribution is 5.95. The molecule has 3 aliphatic rings. The van der Waals surface area contributed by atoms with Crippen LogP contribution in [0.5, 0.6) is 0 Å². The maximum absolute atomic E-state index is 12.6. The van der Waals surface area contributed by atoms with Crippen LogP contribution in [-0.4, -0.2) is 52.4 Å². The molecule has 2 aromatic rings. The van der Waals surface area contributed by atoms with Crippen LogP contribution >= 0.6 is 0 Å².